The molecule has 2 aromatic heterocycles. The zero-order valence-electron chi connectivity index (χ0n) is 20.6. The summed E-state index contributed by atoms with van der Waals surface area (Å²) in [5.74, 6) is -2.76. The number of nitrogens with two attached hydrogens (primary N) is 1. The Labute approximate surface area is 230 Å². The van der Waals surface area contributed by atoms with E-state index < -0.39 is 29.2 Å². The highest BCUT2D eigenvalue weighted by Crippen LogP contribution is 2.40. The number of carboxylic acids is 1. The number of nitrogen functional groups attached to an aromatic ring is 1. The van der Waals surface area contributed by atoms with Crippen LogP contribution in [0.5, 0.6) is 0 Å². The summed E-state index contributed by atoms with van der Waals surface area (Å²) in [6.45, 7) is 1.81. The molecule has 2 aliphatic rings. The maximum absolute atomic E-state index is 13.1. The smallest absolute Gasteiger partial charge is 0.278 e. The van der Waals surface area contributed by atoms with Gasteiger partial charge in [-0.25, -0.2) is 0 Å². The minimum Gasteiger partial charge on any atom is -0.543 e. The second-order valence-corrected chi connectivity index (χ2v) is 10.1. The van der Waals surface area contributed by atoms with Crippen LogP contribution in [-0.2, 0) is 30.6 Å². The number of β-lactam (4-membered cyclic amide) rings is 1. The van der Waals surface area contributed by atoms with E-state index in [4.69, 9.17) is 15.7 Å². The van der Waals surface area contributed by atoms with Crippen molar-refractivity contribution in [2.45, 2.75) is 24.9 Å². The van der Waals surface area contributed by atoms with Crippen LogP contribution in [0.15, 0.2) is 41.0 Å². The molecule has 17 heteroatoms. The number of aliphatic carboxylic acids is 1. The van der Waals surface area contributed by atoms with Crippen molar-refractivity contribution in [2.75, 3.05) is 36.1 Å². The first-order valence-corrected chi connectivity index (χ1v) is 13.4. The molecule has 0 spiro atoms. The molecule has 0 aromatic carbocycles. The van der Waals surface area contributed by atoms with Gasteiger partial charge in [-0.3, -0.25) is 19.3 Å². The molecule has 0 aliphatic carbocycles. The summed E-state index contributed by atoms with van der Waals surface area (Å²) < 4.78 is 5.62. The zero-order valence-corrected chi connectivity index (χ0v) is 22.2. The quantitative estimate of drug-likeness (QED) is 0.0773. The highest BCUT2D eigenvalue weighted by atomic mass is 32.2. The molecule has 39 heavy (non-hydrogen) atoms. The third-order valence-electron chi connectivity index (χ3n) is 5.70. The molecule has 4 N–H and O–H groups in total. The summed E-state index contributed by atoms with van der Waals surface area (Å²) in [5, 5.41) is 27.0. The third kappa shape index (κ3) is 5.84. The summed E-state index contributed by atoms with van der Waals surface area (Å²) in [7, 11) is 0. The van der Waals surface area contributed by atoms with Crippen molar-refractivity contribution in [1.82, 2.24) is 19.6 Å². The number of anilines is 2. The number of aromatic nitrogens is 3. The average Bonchev–Trinajstić information content (AvgIpc) is 3.35. The van der Waals surface area contributed by atoms with Crippen molar-refractivity contribution in [1.29, 1.82) is 0 Å². The Balaban J connectivity index is 1.53. The third-order valence-corrected chi connectivity index (χ3v) is 7.58. The molecular weight excluding hydrogens is 552 g/mol. The van der Waals surface area contributed by atoms with Gasteiger partial charge in [0.15, 0.2) is 24.1 Å². The lowest BCUT2D eigenvalue weighted by molar-refractivity contribution is -0.688. The molecule has 2 atom stereocenters. The van der Waals surface area contributed by atoms with E-state index in [1.807, 2.05) is 0 Å². The van der Waals surface area contributed by atoms with Gasteiger partial charge >= 0.3 is 0 Å². The predicted octanol–water partition coefficient (Wildman–Crippen LogP) is -2.79. The average molecular weight is 577 g/mol. The molecule has 0 saturated carbocycles. The summed E-state index contributed by atoms with van der Waals surface area (Å²) in [5.41, 5.74) is 5.98. The summed E-state index contributed by atoms with van der Waals surface area (Å²) in [6, 6.07) is 2.32. The predicted molar refractivity (Wildman–Crippen MR) is 137 cm³/mol. The molecule has 15 nitrogen and oxygen atoms in total. The Morgan fingerprint density at radius 3 is 2.92 bits per heavy atom. The van der Waals surface area contributed by atoms with Crippen LogP contribution in [0.4, 0.5) is 10.8 Å². The number of aliphatic hydroxyl groups excluding tert-OH is 1. The number of carboxylic acid groups (broad SMARTS) is 1. The number of hydrogen-bond donors (Lipinski definition) is 3. The molecule has 4 rings (SSSR count). The van der Waals surface area contributed by atoms with Gasteiger partial charge in [0.1, 0.15) is 23.7 Å². The minimum atomic E-state index is -1.53. The fourth-order valence-corrected chi connectivity index (χ4v) is 5.76. The van der Waals surface area contributed by atoms with Gasteiger partial charge in [-0.15, -0.1) is 11.8 Å². The molecule has 1 unspecified atom stereocenters. The van der Waals surface area contributed by atoms with Crippen LogP contribution in [0, 0.1) is 0 Å². The molecule has 4 heterocycles. The van der Waals surface area contributed by atoms with Crippen LogP contribution in [0.1, 0.15) is 12.7 Å². The van der Waals surface area contributed by atoms with Crippen LogP contribution in [0.25, 0.3) is 0 Å². The fraction of sp³-hybridized carbons (Fsp3) is 0.364. The number of thioether (sulfide) groups is 1. The number of hydrogen-bond acceptors (Lipinski definition) is 13. The molecule has 0 bridgehead atoms. The van der Waals surface area contributed by atoms with E-state index in [0.29, 0.717) is 17.7 Å². The van der Waals surface area contributed by atoms with Crippen molar-refractivity contribution in [3.8, 4) is 0 Å². The summed E-state index contributed by atoms with van der Waals surface area (Å²) >= 11 is 2.14. The lowest BCUT2D eigenvalue weighted by Gasteiger charge is -2.50. The van der Waals surface area contributed by atoms with E-state index >= 15 is 0 Å². The molecule has 0 radical (unpaired) electrons. The second kappa shape index (κ2) is 12.2. The van der Waals surface area contributed by atoms with Gasteiger partial charge < -0.3 is 35.8 Å². The molecule has 2 aromatic rings. The van der Waals surface area contributed by atoms with Crippen LogP contribution >= 0.6 is 23.3 Å². The number of nitrogens with zero attached hydrogens (tertiary/aromatic N) is 6. The molecule has 3 amide bonds. The number of oxime groups is 1. The Bertz CT molecular complexity index is 1350. The van der Waals surface area contributed by atoms with Gasteiger partial charge in [-0.05, 0) is 13.0 Å². The first kappa shape index (κ1) is 27.9. The number of amides is 3. The van der Waals surface area contributed by atoms with E-state index in [1.54, 1.807) is 36.0 Å². The van der Waals surface area contributed by atoms with Crippen molar-refractivity contribution >= 4 is 64.0 Å². The van der Waals surface area contributed by atoms with Crippen LogP contribution in [0.2, 0.25) is 0 Å². The van der Waals surface area contributed by atoms with E-state index in [0.717, 1.165) is 16.4 Å². The largest absolute Gasteiger partial charge is 0.543 e. The first-order valence-electron chi connectivity index (χ1n) is 11.6. The summed E-state index contributed by atoms with van der Waals surface area (Å²) in [6.07, 6.45) is 3.89. The summed E-state index contributed by atoms with van der Waals surface area (Å²) in [4.78, 5) is 60.8. The maximum Gasteiger partial charge on any atom is 0.278 e. The highest BCUT2D eigenvalue weighted by molar-refractivity contribution is 8.00. The number of carbonyl (C=O) groups is 4. The minimum absolute atomic E-state index is 0.0626. The molecule has 1 saturated heterocycles. The van der Waals surface area contributed by atoms with Gasteiger partial charge in [0.2, 0.25) is 17.9 Å². The van der Waals surface area contributed by atoms with Gasteiger partial charge in [-0.2, -0.15) is 13.9 Å². The van der Waals surface area contributed by atoms with Crippen LogP contribution in [0.3, 0.4) is 0 Å². The van der Waals surface area contributed by atoms with Gasteiger partial charge in [0.25, 0.3) is 11.8 Å². The zero-order chi connectivity index (χ0) is 28.1. The standard InChI is InChI=1S/C22H24N8O7S2/c1-2-37-26-14(17-25-22(23)39-27-17)18(33)24-15-19(34)30-16(21(35)36)12(10-38-20(15)30)8-28-5-3-4-13(9-28)29(11-32)6-7-31/h3-5,9,11,15,20,31H,2,6-8,10H2,1H3,(H3-,23,24,25,27,33,35,36)/t15?,20-/m0/s1. The number of aliphatic hydroxyl groups is 1. The van der Waals surface area contributed by atoms with Gasteiger partial charge in [0, 0.05) is 35.5 Å². The number of pyridine rings is 1. The topological polar surface area (TPSA) is 207 Å². The second-order valence-electron chi connectivity index (χ2n) is 8.17. The Morgan fingerprint density at radius 1 is 1.49 bits per heavy atom. The number of rotatable bonds is 12. The number of carbonyl (C=O) groups excluding carboxylic acids is 4. The maximum atomic E-state index is 13.1. The lowest BCUT2D eigenvalue weighted by atomic mass is 10.0. The van der Waals surface area contributed by atoms with Crippen molar-refractivity contribution in [2.24, 2.45) is 5.16 Å². The Hall–Kier alpha value is -4.09. The van der Waals surface area contributed by atoms with Gasteiger partial charge in [-0.1, -0.05) is 5.16 Å². The number of fused-ring (bicyclic) bond motifs is 1. The normalized spacial score (nSPS) is 18.8. The van der Waals surface area contributed by atoms with Crippen LogP contribution < -0.4 is 25.6 Å². The molecular formula is C22H24N8O7S2. The van der Waals surface area contributed by atoms with E-state index in [1.165, 1.54) is 16.7 Å². The van der Waals surface area contributed by atoms with Crippen molar-refractivity contribution < 1.29 is 38.8 Å². The van der Waals surface area contributed by atoms with Crippen LogP contribution in [-0.4, -0.2) is 86.2 Å². The fourth-order valence-electron chi connectivity index (χ4n) is 3.99. The van der Waals surface area contributed by atoms with Crippen molar-refractivity contribution in [3.05, 3.63) is 41.6 Å². The monoisotopic (exact) mass is 576 g/mol. The SMILES string of the molecule is CCON=C(C(=O)NC1C(=O)N2C(C(=O)[O-])=C(C[n+]3cccc(N(C=O)CCO)c3)CS[C@@H]12)c1nsc(N)n1. The number of nitrogens with one attached hydrogen (secondary N) is 1. The van der Waals surface area contributed by atoms with Crippen molar-refractivity contribution in [3.63, 3.8) is 0 Å². The van der Waals surface area contributed by atoms with E-state index in [9.17, 15) is 24.3 Å². The van der Waals surface area contributed by atoms with E-state index in [-0.39, 0.29) is 54.4 Å². The lowest BCUT2D eigenvalue weighted by Crippen LogP contribution is -2.71. The molecule has 206 valence electrons. The first-order chi connectivity index (χ1) is 18.8. The van der Waals surface area contributed by atoms with Gasteiger partial charge in [0.05, 0.1) is 18.3 Å². The van der Waals surface area contributed by atoms with E-state index in [2.05, 4.69) is 19.8 Å². The Kier molecular flexibility index (Phi) is 8.72. The molecule has 2 aliphatic heterocycles. The molecule has 1 fully saturated rings. The highest BCUT2D eigenvalue weighted by Gasteiger charge is 2.53. The Morgan fingerprint density at radius 2 is 2.28 bits per heavy atom.